The van der Waals surface area contributed by atoms with E-state index in [0.717, 1.165) is 21.7 Å². The van der Waals surface area contributed by atoms with Gasteiger partial charge in [0.2, 0.25) is 0 Å². The van der Waals surface area contributed by atoms with Crippen LogP contribution in [0, 0.1) is 12.8 Å². The second-order valence-electron chi connectivity index (χ2n) is 8.83. The first kappa shape index (κ1) is 26.9. The number of rotatable bonds is 5. The first-order valence-corrected chi connectivity index (χ1v) is 11.1. The molecule has 196 valence electrons. The number of alkyl halides is 6. The number of carboxylic acids is 1. The minimum Gasteiger partial charge on any atom is -0.481 e. The largest absolute Gasteiger partial charge is 0.481 e. The third-order valence-electron chi connectivity index (χ3n) is 6.31. The lowest BCUT2D eigenvalue weighted by Gasteiger charge is -2.36. The summed E-state index contributed by atoms with van der Waals surface area (Å²) in [5, 5.41) is 9.19. The molecular formula is C22H27F6N3O4. The predicted molar refractivity (Wildman–Crippen MR) is 113 cm³/mol. The Bertz CT molecular complexity index is 893. The van der Waals surface area contributed by atoms with E-state index in [-0.39, 0.29) is 32.1 Å². The number of piperazine rings is 1. The summed E-state index contributed by atoms with van der Waals surface area (Å²) in [6, 6.07) is 5.89. The molecule has 1 N–H and O–H groups in total. The van der Waals surface area contributed by atoms with E-state index in [1.165, 1.54) is 0 Å². The molecule has 7 nitrogen and oxygen atoms in total. The van der Waals surface area contributed by atoms with E-state index in [1.54, 1.807) is 0 Å². The minimum absolute atomic E-state index is 0.0668. The highest BCUT2D eigenvalue weighted by atomic mass is 19.4. The molecule has 1 amide bonds. The molecule has 2 saturated heterocycles. The van der Waals surface area contributed by atoms with Gasteiger partial charge in [0.05, 0.1) is 5.92 Å². The average Bonchev–Trinajstić information content (AvgIpc) is 2.77. The standard InChI is InChI=1S/C22H27F6N3O4/c1-14-2-3-15(12-17(14)30-6-4-16(5-7-30)18(32)33)13-29-8-10-31(11-9-29)20(34)35-19(21(23,24)25)22(26,27)28/h2-3,12,16,19H,4-11,13H2,1H3,(H,32,33). The molecule has 13 heteroatoms. The van der Waals surface area contributed by atoms with E-state index in [0.29, 0.717) is 32.5 Å². The molecule has 0 aliphatic carbocycles. The Morgan fingerprint density at radius 1 is 1.00 bits per heavy atom. The number of carbonyl (C=O) groups excluding carboxylic acids is 1. The number of carboxylic acid groups (broad SMARTS) is 1. The SMILES string of the molecule is Cc1ccc(CN2CCN(C(=O)OC(C(F)(F)F)C(F)(F)F)CC2)cc1N1CCC(C(=O)O)CC1. The maximum atomic E-state index is 12.6. The molecule has 2 aliphatic rings. The van der Waals surface area contributed by atoms with Gasteiger partial charge >= 0.3 is 24.4 Å². The van der Waals surface area contributed by atoms with Crippen molar-refractivity contribution >= 4 is 17.7 Å². The Morgan fingerprint density at radius 2 is 1.57 bits per heavy atom. The fourth-order valence-corrected chi connectivity index (χ4v) is 4.30. The molecule has 0 unspecified atom stereocenters. The summed E-state index contributed by atoms with van der Waals surface area (Å²) >= 11 is 0. The van der Waals surface area contributed by atoms with E-state index in [4.69, 9.17) is 0 Å². The summed E-state index contributed by atoms with van der Waals surface area (Å²) in [6.07, 6.45) is -16.2. The summed E-state index contributed by atoms with van der Waals surface area (Å²) in [4.78, 5) is 28.0. The van der Waals surface area contributed by atoms with Gasteiger partial charge in [0, 0.05) is 51.5 Å². The number of hydrogen-bond acceptors (Lipinski definition) is 5. The summed E-state index contributed by atoms with van der Waals surface area (Å²) < 4.78 is 79.6. The Kier molecular flexibility index (Phi) is 8.07. The molecule has 2 heterocycles. The topological polar surface area (TPSA) is 73.3 Å². The first-order chi connectivity index (χ1) is 16.3. The van der Waals surface area contributed by atoms with Crippen molar-refractivity contribution in [2.45, 2.75) is 44.8 Å². The number of nitrogens with zero attached hydrogens (tertiary/aromatic N) is 3. The maximum Gasteiger partial charge on any atom is 0.434 e. The molecule has 35 heavy (non-hydrogen) atoms. The fourth-order valence-electron chi connectivity index (χ4n) is 4.30. The van der Waals surface area contributed by atoms with E-state index >= 15 is 0 Å². The molecule has 2 fully saturated rings. The average molecular weight is 511 g/mol. The molecule has 0 spiro atoms. The normalized spacial score (nSPS) is 18.7. The van der Waals surface area contributed by atoms with Crippen LogP contribution in [0.5, 0.6) is 0 Å². The molecule has 2 aliphatic heterocycles. The first-order valence-electron chi connectivity index (χ1n) is 11.1. The molecule has 0 radical (unpaired) electrons. The number of aryl methyl sites for hydroxylation is 1. The van der Waals surface area contributed by atoms with Crippen LogP contribution in [0.4, 0.5) is 36.8 Å². The van der Waals surface area contributed by atoms with Gasteiger partial charge < -0.3 is 19.6 Å². The van der Waals surface area contributed by atoms with Crippen LogP contribution in [0.25, 0.3) is 0 Å². The monoisotopic (exact) mass is 511 g/mol. The zero-order valence-electron chi connectivity index (χ0n) is 19.0. The van der Waals surface area contributed by atoms with Crippen LogP contribution in [-0.2, 0) is 16.1 Å². The number of hydrogen-bond donors (Lipinski definition) is 1. The highest BCUT2D eigenvalue weighted by Crippen LogP contribution is 2.36. The van der Waals surface area contributed by atoms with Crippen molar-refractivity contribution in [3.63, 3.8) is 0 Å². The highest BCUT2D eigenvalue weighted by molar-refractivity contribution is 5.70. The predicted octanol–water partition coefficient (Wildman–Crippen LogP) is 4.04. The Morgan fingerprint density at radius 3 is 2.09 bits per heavy atom. The zero-order valence-corrected chi connectivity index (χ0v) is 19.0. The number of benzene rings is 1. The third kappa shape index (κ3) is 6.92. The minimum atomic E-state index is -5.75. The van der Waals surface area contributed by atoms with Gasteiger partial charge in [0.15, 0.2) is 0 Å². The molecule has 0 saturated carbocycles. The van der Waals surface area contributed by atoms with Crippen molar-refractivity contribution in [3.8, 4) is 0 Å². The fraction of sp³-hybridized carbons (Fsp3) is 0.636. The van der Waals surface area contributed by atoms with Gasteiger partial charge in [0.25, 0.3) is 6.10 Å². The number of aliphatic carboxylic acids is 1. The molecule has 0 aromatic heterocycles. The molecule has 0 bridgehead atoms. The van der Waals surface area contributed by atoms with Crippen LogP contribution in [0.3, 0.4) is 0 Å². The summed E-state index contributed by atoms with van der Waals surface area (Å²) in [6.45, 7) is 4.07. The second-order valence-corrected chi connectivity index (χ2v) is 8.83. The summed E-state index contributed by atoms with van der Waals surface area (Å²) in [5.41, 5.74) is 2.99. The van der Waals surface area contributed by atoms with Gasteiger partial charge in [-0.05, 0) is 37.0 Å². The van der Waals surface area contributed by atoms with Gasteiger partial charge in [-0.25, -0.2) is 4.79 Å². The van der Waals surface area contributed by atoms with Crippen molar-refractivity contribution in [2.24, 2.45) is 5.92 Å². The van der Waals surface area contributed by atoms with Crippen LogP contribution in [-0.4, -0.2) is 84.7 Å². The molecule has 0 atom stereocenters. The Labute approximate surface area is 198 Å². The van der Waals surface area contributed by atoms with Crippen LogP contribution in [0.1, 0.15) is 24.0 Å². The lowest BCUT2D eigenvalue weighted by Crippen LogP contribution is -2.52. The molecule has 3 rings (SSSR count). The quantitative estimate of drug-likeness (QED) is 0.602. The smallest absolute Gasteiger partial charge is 0.434 e. The number of carbonyl (C=O) groups is 2. The van der Waals surface area contributed by atoms with Gasteiger partial charge in [-0.1, -0.05) is 12.1 Å². The molecular weight excluding hydrogens is 484 g/mol. The maximum absolute atomic E-state index is 12.6. The lowest BCUT2D eigenvalue weighted by atomic mass is 9.96. The van der Waals surface area contributed by atoms with Gasteiger partial charge in [0.1, 0.15) is 0 Å². The van der Waals surface area contributed by atoms with E-state index in [2.05, 4.69) is 9.64 Å². The molecule has 1 aromatic rings. The summed E-state index contributed by atoms with van der Waals surface area (Å²) in [7, 11) is 0. The van der Waals surface area contributed by atoms with E-state index < -0.39 is 30.5 Å². The van der Waals surface area contributed by atoms with E-state index in [1.807, 2.05) is 30.0 Å². The van der Waals surface area contributed by atoms with Crippen molar-refractivity contribution < 1.29 is 45.8 Å². The van der Waals surface area contributed by atoms with Crippen molar-refractivity contribution in [2.75, 3.05) is 44.2 Å². The lowest BCUT2D eigenvalue weighted by molar-refractivity contribution is -0.308. The van der Waals surface area contributed by atoms with Crippen LogP contribution in [0.15, 0.2) is 18.2 Å². The third-order valence-corrected chi connectivity index (χ3v) is 6.31. The number of halogens is 6. The van der Waals surface area contributed by atoms with Crippen LogP contribution >= 0.6 is 0 Å². The van der Waals surface area contributed by atoms with Crippen molar-refractivity contribution in [1.29, 1.82) is 0 Å². The second kappa shape index (κ2) is 10.5. The van der Waals surface area contributed by atoms with Gasteiger partial charge in [-0.3, -0.25) is 9.69 Å². The van der Waals surface area contributed by atoms with Crippen LogP contribution < -0.4 is 4.90 Å². The number of piperidine rings is 1. The number of ether oxygens (including phenoxy) is 1. The van der Waals surface area contributed by atoms with E-state index in [9.17, 15) is 41.0 Å². The van der Waals surface area contributed by atoms with Crippen molar-refractivity contribution in [1.82, 2.24) is 9.80 Å². The van der Waals surface area contributed by atoms with Gasteiger partial charge in [-0.15, -0.1) is 0 Å². The highest BCUT2D eigenvalue weighted by Gasteiger charge is 2.60. The number of anilines is 1. The van der Waals surface area contributed by atoms with Gasteiger partial charge in [-0.2, -0.15) is 26.3 Å². The Hall–Kier alpha value is -2.70. The Balaban J connectivity index is 1.55. The summed E-state index contributed by atoms with van der Waals surface area (Å²) in [5.74, 6) is -1.13. The van der Waals surface area contributed by atoms with Crippen molar-refractivity contribution in [3.05, 3.63) is 29.3 Å². The number of amides is 1. The zero-order chi connectivity index (χ0) is 26.0. The van der Waals surface area contributed by atoms with Crippen LogP contribution in [0.2, 0.25) is 0 Å². The molecule has 1 aromatic carbocycles.